The summed E-state index contributed by atoms with van der Waals surface area (Å²) in [6.45, 7) is 2.12. The molecule has 0 unspecified atom stereocenters. The highest BCUT2D eigenvalue weighted by atomic mass is 19.1. The van der Waals surface area contributed by atoms with Crippen molar-refractivity contribution in [1.29, 1.82) is 0 Å². The van der Waals surface area contributed by atoms with E-state index >= 15 is 0 Å². The molecule has 1 aromatic heterocycles. The molecule has 0 saturated carbocycles. The van der Waals surface area contributed by atoms with E-state index in [9.17, 15) is 9.18 Å². The number of hydrogen-bond donors (Lipinski definition) is 1. The number of anilines is 1. The highest BCUT2D eigenvalue weighted by Crippen LogP contribution is 2.43. The van der Waals surface area contributed by atoms with Gasteiger partial charge in [-0.1, -0.05) is 6.07 Å². The number of nitrogens with zero attached hydrogens (tertiary/aromatic N) is 2. The van der Waals surface area contributed by atoms with E-state index in [0.29, 0.717) is 29.4 Å². The molecule has 0 saturated heterocycles. The summed E-state index contributed by atoms with van der Waals surface area (Å²) >= 11 is 0. The Balaban J connectivity index is 1.63. The van der Waals surface area contributed by atoms with Crippen LogP contribution in [0.25, 0.3) is 5.69 Å². The Labute approximate surface area is 154 Å². The lowest BCUT2D eigenvalue weighted by molar-refractivity contribution is -0.116. The Morgan fingerprint density at radius 3 is 2.74 bits per heavy atom. The summed E-state index contributed by atoms with van der Waals surface area (Å²) in [7, 11) is 0. The van der Waals surface area contributed by atoms with Gasteiger partial charge in [0, 0.05) is 17.9 Å². The number of amides is 1. The average molecular weight is 365 g/mol. The van der Waals surface area contributed by atoms with E-state index in [4.69, 9.17) is 9.47 Å². The third kappa shape index (κ3) is 2.54. The zero-order chi connectivity index (χ0) is 18.5. The van der Waals surface area contributed by atoms with Crippen LogP contribution in [0.3, 0.4) is 0 Å². The van der Waals surface area contributed by atoms with Gasteiger partial charge < -0.3 is 14.8 Å². The maximum atomic E-state index is 13.3. The number of aromatic nitrogens is 2. The lowest BCUT2D eigenvalue weighted by Gasteiger charge is -2.24. The molecule has 1 amide bonds. The number of benzene rings is 2. The zero-order valence-corrected chi connectivity index (χ0v) is 14.5. The lowest BCUT2D eigenvalue weighted by atomic mass is 9.85. The van der Waals surface area contributed by atoms with E-state index < -0.39 is 0 Å². The molecule has 0 aliphatic carbocycles. The van der Waals surface area contributed by atoms with E-state index in [0.717, 1.165) is 16.8 Å². The van der Waals surface area contributed by atoms with Gasteiger partial charge in [-0.05, 0) is 48.9 Å². The van der Waals surface area contributed by atoms with Gasteiger partial charge in [0.1, 0.15) is 11.6 Å². The minimum absolute atomic E-state index is 0.0894. The largest absolute Gasteiger partial charge is 0.454 e. The van der Waals surface area contributed by atoms with Crippen LogP contribution in [-0.4, -0.2) is 22.5 Å². The number of carbonyl (C=O) groups excluding carboxylic acids is 1. The van der Waals surface area contributed by atoms with Crippen LogP contribution >= 0.6 is 0 Å². The van der Waals surface area contributed by atoms with Gasteiger partial charge >= 0.3 is 0 Å². The first-order valence-corrected chi connectivity index (χ1v) is 8.65. The average Bonchev–Trinajstić information content (AvgIpc) is 3.26. The minimum atomic E-state index is -0.321. The number of hydrogen-bond acceptors (Lipinski definition) is 4. The van der Waals surface area contributed by atoms with Gasteiger partial charge in [-0.15, -0.1) is 0 Å². The molecule has 0 radical (unpaired) electrons. The SMILES string of the molecule is Cc1nn(-c2ccc(F)cc2)c2c1[C@@H](c1ccc3c(c1)OCO3)CC(=O)N2. The number of rotatable bonds is 2. The monoisotopic (exact) mass is 365 g/mol. The summed E-state index contributed by atoms with van der Waals surface area (Å²) in [6.07, 6.45) is 0.322. The van der Waals surface area contributed by atoms with Crippen LogP contribution in [-0.2, 0) is 4.79 Å². The van der Waals surface area contributed by atoms with Crippen LogP contribution in [0.1, 0.15) is 29.2 Å². The molecule has 6 nitrogen and oxygen atoms in total. The van der Waals surface area contributed by atoms with Crippen LogP contribution in [0.2, 0.25) is 0 Å². The predicted molar refractivity (Wildman–Crippen MR) is 95.9 cm³/mol. The smallest absolute Gasteiger partial charge is 0.231 e. The number of halogens is 1. The quantitative estimate of drug-likeness (QED) is 0.755. The molecular weight excluding hydrogens is 349 g/mol. The second kappa shape index (κ2) is 5.84. The summed E-state index contributed by atoms with van der Waals surface area (Å²) in [4.78, 5) is 12.4. The topological polar surface area (TPSA) is 65.4 Å². The molecule has 0 bridgehead atoms. The summed E-state index contributed by atoms with van der Waals surface area (Å²) in [5.41, 5.74) is 3.43. The number of carbonyl (C=O) groups is 1. The van der Waals surface area contributed by atoms with Crippen LogP contribution < -0.4 is 14.8 Å². The number of ether oxygens (including phenoxy) is 2. The number of aryl methyl sites for hydroxylation is 1. The molecule has 5 rings (SSSR count). The maximum Gasteiger partial charge on any atom is 0.231 e. The molecule has 0 fully saturated rings. The maximum absolute atomic E-state index is 13.3. The fraction of sp³-hybridized carbons (Fsp3) is 0.200. The molecule has 3 heterocycles. The van der Waals surface area contributed by atoms with E-state index in [-0.39, 0.29) is 24.4 Å². The molecule has 136 valence electrons. The van der Waals surface area contributed by atoms with Crippen molar-refractivity contribution in [2.75, 3.05) is 12.1 Å². The van der Waals surface area contributed by atoms with Crippen molar-refractivity contribution in [2.45, 2.75) is 19.3 Å². The highest BCUT2D eigenvalue weighted by molar-refractivity contribution is 5.95. The first-order valence-electron chi connectivity index (χ1n) is 8.65. The summed E-state index contributed by atoms with van der Waals surface area (Å²) < 4.78 is 25.8. The molecule has 27 heavy (non-hydrogen) atoms. The van der Waals surface area contributed by atoms with Crippen LogP contribution in [0.15, 0.2) is 42.5 Å². The van der Waals surface area contributed by atoms with Crippen LogP contribution in [0, 0.1) is 12.7 Å². The normalized spacial score (nSPS) is 17.6. The zero-order valence-electron chi connectivity index (χ0n) is 14.5. The Morgan fingerprint density at radius 2 is 1.93 bits per heavy atom. The van der Waals surface area contributed by atoms with Gasteiger partial charge in [-0.25, -0.2) is 9.07 Å². The fourth-order valence-corrected chi connectivity index (χ4v) is 3.73. The van der Waals surface area contributed by atoms with Crippen LogP contribution in [0.4, 0.5) is 10.2 Å². The third-order valence-corrected chi connectivity index (χ3v) is 4.97. The Bertz CT molecular complexity index is 1060. The molecule has 1 atom stereocenters. The van der Waals surface area contributed by atoms with Crippen molar-refractivity contribution in [3.8, 4) is 17.2 Å². The molecule has 2 aromatic carbocycles. The molecule has 7 heteroatoms. The second-order valence-electron chi connectivity index (χ2n) is 6.65. The van der Waals surface area contributed by atoms with E-state index in [1.54, 1.807) is 16.8 Å². The van der Waals surface area contributed by atoms with Gasteiger partial charge in [-0.2, -0.15) is 5.10 Å². The fourth-order valence-electron chi connectivity index (χ4n) is 3.73. The van der Waals surface area contributed by atoms with Gasteiger partial charge in [-0.3, -0.25) is 4.79 Å². The first-order chi connectivity index (χ1) is 13.1. The van der Waals surface area contributed by atoms with Crippen LogP contribution in [0.5, 0.6) is 11.5 Å². The van der Waals surface area contributed by atoms with Crippen molar-refractivity contribution in [3.05, 3.63) is 65.1 Å². The first kappa shape index (κ1) is 15.9. The van der Waals surface area contributed by atoms with E-state index in [1.807, 2.05) is 25.1 Å². The van der Waals surface area contributed by atoms with E-state index in [1.165, 1.54) is 12.1 Å². The molecular formula is C20H16FN3O3. The Hall–Kier alpha value is -3.35. The van der Waals surface area contributed by atoms with Gasteiger partial charge in [0.15, 0.2) is 11.5 Å². The summed E-state index contributed by atoms with van der Waals surface area (Å²) in [6, 6.07) is 11.8. The summed E-state index contributed by atoms with van der Waals surface area (Å²) in [5, 5.41) is 7.52. The van der Waals surface area contributed by atoms with Crippen molar-refractivity contribution < 1.29 is 18.7 Å². The Morgan fingerprint density at radius 1 is 1.15 bits per heavy atom. The van der Waals surface area contributed by atoms with E-state index in [2.05, 4.69) is 10.4 Å². The number of fused-ring (bicyclic) bond motifs is 2. The molecule has 2 aliphatic rings. The minimum Gasteiger partial charge on any atom is -0.454 e. The molecule has 3 aromatic rings. The summed E-state index contributed by atoms with van der Waals surface area (Å²) in [5.74, 6) is 1.46. The standard InChI is InChI=1S/C20H16FN3O3/c1-11-19-15(12-2-7-16-17(8-12)27-10-26-16)9-18(25)22-20(19)24(23-11)14-5-3-13(21)4-6-14/h2-8,15H,9-10H2,1H3,(H,22,25)/t15-/m1/s1. The van der Waals surface area contributed by atoms with Gasteiger partial charge in [0.2, 0.25) is 12.7 Å². The molecule has 1 N–H and O–H groups in total. The van der Waals surface area contributed by atoms with Crippen molar-refractivity contribution in [3.63, 3.8) is 0 Å². The molecule has 0 spiro atoms. The van der Waals surface area contributed by atoms with Crippen molar-refractivity contribution in [2.24, 2.45) is 0 Å². The van der Waals surface area contributed by atoms with Gasteiger partial charge in [0.25, 0.3) is 0 Å². The third-order valence-electron chi connectivity index (χ3n) is 4.97. The lowest BCUT2D eigenvalue weighted by Crippen LogP contribution is -2.24. The molecule has 2 aliphatic heterocycles. The Kier molecular flexibility index (Phi) is 3.43. The van der Waals surface area contributed by atoms with Gasteiger partial charge in [0.05, 0.1) is 11.4 Å². The van der Waals surface area contributed by atoms with Crippen molar-refractivity contribution >= 4 is 11.7 Å². The second-order valence-corrected chi connectivity index (χ2v) is 6.65. The highest BCUT2D eigenvalue weighted by Gasteiger charge is 2.33. The predicted octanol–water partition coefficient (Wildman–Crippen LogP) is 3.52. The van der Waals surface area contributed by atoms with Crippen molar-refractivity contribution in [1.82, 2.24) is 9.78 Å². The number of nitrogens with one attached hydrogen (secondary N) is 1.